The van der Waals surface area contributed by atoms with Crippen LogP contribution in [0.15, 0.2) is 48.5 Å². The largest absolute Gasteiger partial charge is 0.378 e. The zero-order valence-corrected chi connectivity index (χ0v) is 18.1. The minimum Gasteiger partial charge on any atom is -0.378 e. The quantitative estimate of drug-likeness (QED) is 0.595. The zero-order chi connectivity index (χ0) is 20.1. The number of nitrogens with zero attached hydrogens (tertiary/aromatic N) is 3. The van der Waals surface area contributed by atoms with Crippen LogP contribution >= 0.6 is 0 Å². The third-order valence-electron chi connectivity index (χ3n) is 6.62. The standard InChI is InChI=1S/C25H32N3/c1-7-25(8-2)17-21-20(15-19(26(3)4)16-24(21)27(5)6)23-14-13-18-11-9-10-12-22(18)28(23)25/h9-16H,7-8,17H2,1-6H3/q+1. The van der Waals surface area contributed by atoms with Crippen molar-refractivity contribution in [2.24, 2.45) is 0 Å². The van der Waals surface area contributed by atoms with Crippen LogP contribution in [0.4, 0.5) is 11.4 Å². The van der Waals surface area contributed by atoms with E-state index in [4.69, 9.17) is 0 Å². The first kappa shape index (κ1) is 18.8. The fourth-order valence-corrected chi connectivity index (χ4v) is 4.86. The Hall–Kier alpha value is -2.55. The van der Waals surface area contributed by atoms with Gasteiger partial charge in [-0.3, -0.25) is 0 Å². The minimum atomic E-state index is 0.105. The first-order valence-corrected chi connectivity index (χ1v) is 10.4. The summed E-state index contributed by atoms with van der Waals surface area (Å²) in [6.07, 6.45) is 3.32. The van der Waals surface area contributed by atoms with Gasteiger partial charge in [0.25, 0.3) is 0 Å². The van der Waals surface area contributed by atoms with E-state index in [0.717, 1.165) is 19.3 Å². The summed E-state index contributed by atoms with van der Waals surface area (Å²) in [5.74, 6) is 0. The number of fused-ring (bicyclic) bond motifs is 5. The van der Waals surface area contributed by atoms with Gasteiger partial charge in [0, 0.05) is 76.3 Å². The predicted molar refractivity (Wildman–Crippen MR) is 120 cm³/mol. The second kappa shape index (κ2) is 6.80. The van der Waals surface area contributed by atoms with Crippen molar-refractivity contribution in [2.45, 2.75) is 38.6 Å². The van der Waals surface area contributed by atoms with Gasteiger partial charge in [0.2, 0.25) is 11.2 Å². The molecule has 1 aliphatic rings. The Bertz CT molecular complexity index is 1030. The molecular formula is C25H32N3+. The highest BCUT2D eigenvalue weighted by Gasteiger charge is 2.46. The number of hydrogen-bond donors (Lipinski definition) is 0. The molecule has 0 atom stereocenters. The van der Waals surface area contributed by atoms with E-state index in [-0.39, 0.29) is 5.54 Å². The number of para-hydroxylation sites is 1. The smallest absolute Gasteiger partial charge is 0.213 e. The van der Waals surface area contributed by atoms with Gasteiger partial charge in [0.1, 0.15) is 0 Å². The topological polar surface area (TPSA) is 10.4 Å². The highest BCUT2D eigenvalue weighted by atomic mass is 15.1. The molecule has 1 aliphatic heterocycles. The van der Waals surface area contributed by atoms with Crippen molar-refractivity contribution in [3.8, 4) is 11.3 Å². The molecule has 0 aliphatic carbocycles. The lowest BCUT2D eigenvalue weighted by atomic mass is 9.78. The SMILES string of the molecule is CCC1(CC)Cc2c(cc(N(C)C)cc2N(C)C)-c2ccc3ccccc3[n+]21. The average molecular weight is 375 g/mol. The molecular weight excluding hydrogens is 342 g/mol. The second-order valence-electron chi connectivity index (χ2n) is 8.50. The summed E-state index contributed by atoms with van der Waals surface area (Å²) in [4.78, 5) is 4.48. The Kier molecular flexibility index (Phi) is 4.57. The Morgan fingerprint density at radius 3 is 2.25 bits per heavy atom. The van der Waals surface area contributed by atoms with Crippen LogP contribution in [-0.2, 0) is 12.0 Å². The fraction of sp³-hybridized carbons (Fsp3) is 0.400. The second-order valence-corrected chi connectivity index (χ2v) is 8.50. The molecule has 28 heavy (non-hydrogen) atoms. The normalized spacial score (nSPS) is 14.5. The van der Waals surface area contributed by atoms with Gasteiger partial charge in [-0.05, 0) is 29.8 Å². The molecule has 3 aromatic rings. The van der Waals surface area contributed by atoms with Gasteiger partial charge in [0.15, 0.2) is 5.54 Å². The zero-order valence-electron chi connectivity index (χ0n) is 18.1. The van der Waals surface area contributed by atoms with E-state index in [1.165, 1.54) is 39.1 Å². The molecule has 3 nitrogen and oxygen atoms in total. The van der Waals surface area contributed by atoms with E-state index in [1.807, 2.05) is 0 Å². The van der Waals surface area contributed by atoms with Gasteiger partial charge in [-0.2, -0.15) is 4.57 Å². The van der Waals surface area contributed by atoms with Crippen molar-refractivity contribution in [1.82, 2.24) is 0 Å². The molecule has 0 amide bonds. The summed E-state index contributed by atoms with van der Waals surface area (Å²) in [6, 6.07) is 18.2. The van der Waals surface area contributed by atoms with Crippen molar-refractivity contribution in [2.75, 3.05) is 38.0 Å². The first-order valence-electron chi connectivity index (χ1n) is 10.4. The number of hydrogen-bond acceptors (Lipinski definition) is 2. The van der Waals surface area contributed by atoms with Crippen molar-refractivity contribution in [1.29, 1.82) is 0 Å². The Labute approximate surface area is 169 Å². The Morgan fingerprint density at radius 2 is 1.61 bits per heavy atom. The van der Waals surface area contributed by atoms with Crippen LogP contribution in [-0.4, -0.2) is 28.2 Å². The minimum absolute atomic E-state index is 0.105. The predicted octanol–water partition coefficient (Wildman–Crippen LogP) is 5.00. The average Bonchev–Trinajstić information content (AvgIpc) is 2.71. The molecule has 0 spiro atoms. The van der Waals surface area contributed by atoms with E-state index in [9.17, 15) is 0 Å². The van der Waals surface area contributed by atoms with Crippen LogP contribution in [0.25, 0.3) is 22.2 Å². The maximum absolute atomic E-state index is 2.64. The lowest BCUT2D eigenvalue weighted by molar-refractivity contribution is -0.735. The van der Waals surface area contributed by atoms with Gasteiger partial charge >= 0.3 is 0 Å². The lowest BCUT2D eigenvalue weighted by Gasteiger charge is -2.36. The van der Waals surface area contributed by atoms with Gasteiger partial charge < -0.3 is 9.80 Å². The number of anilines is 2. The molecule has 2 aromatic carbocycles. The molecule has 0 N–H and O–H groups in total. The maximum Gasteiger partial charge on any atom is 0.213 e. The van der Waals surface area contributed by atoms with Gasteiger partial charge in [0.05, 0.1) is 5.56 Å². The van der Waals surface area contributed by atoms with E-state index < -0.39 is 0 Å². The molecule has 0 saturated carbocycles. The van der Waals surface area contributed by atoms with Gasteiger partial charge in [-0.25, -0.2) is 0 Å². The summed E-state index contributed by atoms with van der Waals surface area (Å²) in [6.45, 7) is 4.69. The fourth-order valence-electron chi connectivity index (χ4n) is 4.86. The van der Waals surface area contributed by atoms with Crippen molar-refractivity contribution in [3.63, 3.8) is 0 Å². The molecule has 3 heteroatoms. The monoisotopic (exact) mass is 374 g/mol. The van der Waals surface area contributed by atoms with E-state index in [2.05, 4.69) is 105 Å². The summed E-state index contributed by atoms with van der Waals surface area (Å²) in [7, 11) is 8.58. The van der Waals surface area contributed by atoms with Crippen molar-refractivity contribution >= 4 is 22.3 Å². The number of rotatable bonds is 4. The Morgan fingerprint density at radius 1 is 0.893 bits per heavy atom. The van der Waals surface area contributed by atoms with Crippen LogP contribution < -0.4 is 14.4 Å². The molecule has 2 heterocycles. The van der Waals surface area contributed by atoms with E-state index in [1.54, 1.807) is 0 Å². The molecule has 0 unspecified atom stereocenters. The summed E-state index contributed by atoms with van der Waals surface area (Å²) >= 11 is 0. The molecule has 0 bridgehead atoms. The van der Waals surface area contributed by atoms with E-state index >= 15 is 0 Å². The van der Waals surface area contributed by atoms with Crippen LogP contribution in [0.2, 0.25) is 0 Å². The summed E-state index contributed by atoms with van der Waals surface area (Å²) < 4.78 is 2.64. The number of benzene rings is 2. The van der Waals surface area contributed by atoms with Crippen LogP contribution in [0.5, 0.6) is 0 Å². The molecule has 4 rings (SSSR count). The first-order chi connectivity index (χ1) is 13.4. The van der Waals surface area contributed by atoms with Gasteiger partial charge in [-0.15, -0.1) is 0 Å². The summed E-state index contributed by atoms with van der Waals surface area (Å²) in [5.41, 5.74) is 8.24. The lowest BCUT2D eigenvalue weighted by Crippen LogP contribution is -2.60. The van der Waals surface area contributed by atoms with Crippen LogP contribution in [0, 0.1) is 0 Å². The van der Waals surface area contributed by atoms with Gasteiger partial charge in [-0.1, -0.05) is 26.0 Å². The molecule has 1 aromatic heterocycles. The highest BCUT2D eigenvalue weighted by Crippen LogP contribution is 2.43. The molecule has 0 radical (unpaired) electrons. The number of pyridine rings is 1. The van der Waals surface area contributed by atoms with Crippen LogP contribution in [0.3, 0.4) is 0 Å². The third-order valence-corrected chi connectivity index (χ3v) is 6.62. The molecule has 0 saturated heterocycles. The number of aromatic nitrogens is 1. The summed E-state index contributed by atoms with van der Waals surface area (Å²) in [5, 5.41) is 1.32. The molecule has 0 fully saturated rings. The molecule has 146 valence electrons. The van der Waals surface area contributed by atoms with E-state index in [0.29, 0.717) is 0 Å². The third kappa shape index (κ3) is 2.68. The van der Waals surface area contributed by atoms with Crippen molar-refractivity contribution < 1.29 is 4.57 Å². The van der Waals surface area contributed by atoms with Crippen LogP contribution in [0.1, 0.15) is 32.3 Å². The maximum atomic E-state index is 2.64. The Balaban J connectivity index is 2.14. The highest BCUT2D eigenvalue weighted by molar-refractivity contribution is 5.82. The van der Waals surface area contributed by atoms with Crippen molar-refractivity contribution in [3.05, 3.63) is 54.1 Å².